The van der Waals surface area contributed by atoms with Crippen LogP contribution < -0.4 is 0 Å². The highest BCUT2D eigenvalue weighted by atomic mass is 79.9. The van der Waals surface area contributed by atoms with E-state index in [0.717, 1.165) is 10.0 Å². The van der Waals surface area contributed by atoms with E-state index in [9.17, 15) is 9.00 Å². The molecule has 1 unspecified atom stereocenters. The molecule has 0 radical (unpaired) electrons. The summed E-state index contributed by atoms with van der Waals surface area (Å²) in [6, 6.07) is 10.7. The number of halogens is 1. The third kappa shape index (κ3) is 4.22. The second-order valence-electron chi connectivity index (χ2n) is 4.26. The monoisotopic (exact) mass is 367 g/mol. The Morgan fingerprint density at radius 1 is 1.29 bits per heavy atom. The minimum Gasteiger partial charge on any atom is -0.465 e. The van der Waals surface area contributed by atoms with Crippen molar-refractivity contribution in [2.24, 2.45) is 0 Å². The highest BCUT2D eigenvalue weighted by Gasteiger charge is 2.12. The number of aromatic nitrogens is 1. The maximum absolute atomic E-state index is 12.2. The van der Waals surface area contributed by atoms with Gasteiger partial charge in [0, 0.05) is 16.4 Å². The predicted molar refractivity (Wildman–Crippen MR) is 84.7 cm³/mol. The minimum atomic E-state index is -1.20. The van der Waals surface area contributed by atoms with Crippen molar-refractivity contribution in [3.8, 4) is 0 Å². The molecule has 0 saturated carbocycles. The first kappa shape index (κ1) is 15.9. The number of nitrogens with zero attached hydrogens (tertiary/aromatic N) is 1. The van der Waals surface area contributed by atoms with E-state index in [1.807, 2.05) is 18.2 Å². The van der Waals surface area contributed by atoms with E-state index in [2.05, 4.69) is 20.9 Å². The van der Waals surface area contributed by atoms with Gasteiger partial charge in [-0.3, -0.25) is 4.21 Å². The Labute approximate surface area is 134 Å². The second kappa shape index (κ2) is 7.47. The molecule has 1 aromatic carbocycles. The van der Waals surface area contributed by atoms with Crippen molar-refractivity contribution in [3.63, 3.8) is 0 Å². The normalized spacial score (nSPS) is 11.9. The third-order valence-electron chi connectivity index (χ3n) is 2.91. The van der Waals surface area contributed by atoms with Gasteiger partial charge in [-0.15, -0.1) is 0 Å². The van der Waals surface area contributed by atoms with Crippen LogP contribution in [0.4, 0.5) is 0 Å². The smallest absolute Gasteiger partial charge is 0.338 e. The van der Waals surface area contributed by atoms with Crippen LogP contribution in [0.3, 0.4) is 0 Å². The van der Waals surface area contributed by atoms with Crippen LogP contribution in [0.1, 0.15) is 15.9 Å². The molecule has 1 atom stereocenters. The molecular formula is C15H14BrNO3S. The summed E-state index contributed by atoms with van der Waals surface area (Å²) < 4.78 is 17.8. The quantitative estimate of drug-likeness (QED) is 0.762. The van der Waals surface area contributed by atoms with Gasteiger partial charge in [0.15, 0.2) is 0 Å². The number of aryl methyl sites for hydroxylation is 1. The summed E-state index contributed by atoms with van der Waals surface area (Å²) in [7, 11) is 0.151. The number of carbonyl (C=O) groups is 1. The molecule has 2 rings (SSSR count). The Balaban J connectivity index is 2.08. The fourth-order valence-corrected chi connectivity index (χ4v) is 3.09. The van der Waals surface area contributed by atoms with Crippen LogP contribution in [0.5, 0.6) is 0 Å². The lowest BCUT2D eigenvalue weighted by Gasteiger charge is -2.07. The number of rotatable bonds is 5. The van der Waals surface area contributed by atoms with E-state index in [1.54, 1.807) is 24.4 Å². The molecule has 0 aliphatic rings. The van der Waals surface area contributed by atoms with Gasteiger partial charge in [-0.2, -0.15) is 0 Å². The van der Waals surface area contributed by atoms with Crippen molar-refractivity contribution < 1.29 is 13.7 Å². The largest absolute Gasteiger partial charge is 0.465 e. The SMILES string of the molecule is COC(=O)c1ccccc1CCS(=O)c1ccc(Br)cn1. The van der Waals surface area contributed by atoms with Crippen LogP contribution in [0.25, 0.3) is 0 Å². The molecule has 0 aliphatic heterocycles. The zero-order valence-corrected chi connectivity index (χ0v) is 13.8. The zero-order chi connectivity index (χ0) is 15.2. The summed E-state index contributed by atoms with van der Waals surface area (Å²) in [6.45, 7) is 0. The van der Waals surface area contributed by atoms with Gasteiger partial charge in [-0.05, 0) is 46.1 Å². The van der Waals surface area contributed by atoms with Crippen molar-refractivity contribution in [3.05, 3.63) is 58.2 Å². The molecule has 110 valence electrons. The van der Waals surface area contributed by atoms with Crippen LogP contribution in [-0.2, 0) is 22.0 Å². The van der Waals surface area contributed by atoms with E-state index < -0.39 is 10.8 Å². The van der Waals surface area contributed by atoms with Gasteiger partial charge >= 0.3 is 5.97 Å². The molecular weight excluding hydrogens is 354 g/mol. The average molecular weight is 368 g/mol. The minimum absolute atomic E-state index is 0.377. The lowest BCUT2D eigenvalue weighted by atomic mass is 10.1. The molecule has 0 saturated heterocycles. The average Bonchev–Trinajstić information content (AvgIpc) is 2.52. The van der Waals surface area contributed by atoms with E-state index in [1.165, 1.54) is 7.11 Å². The van der Waals surface area contributed by atoms with Gasteiger partial charge in [0.25, 0.3) is 0 Å². The van der Waals surface area contributed by atoms with E-state index in [4.69, 9.17) is 4.74 Å². The molecule has 0 bridgehead atoms. The molecule has 0 spiro atoms. The molecule has 4 nitrogen and oxygen atoms in total. The van der Waals surface area contributed by atoms with Gasteiger partial charge in [0.2, 0.25) is 0 Å². The Bertz CT molecular complexity index is 658. The van der Waals surface area contributed by atoms with E-state index in [0.29, 0.717) is 22.8 Å². The number of ether oxygens (including phenoxy) is 1. The molecule has 1 aromatic heterocycles. The summed E-state index contributed by atoms with van der Waals surface area (Å²) in [5.41, 5.74) is 1.34. The van der Waals surface area contributed by atoms with Crippen molar-refractivity contribution in [1.29, 1.82) is 0 Å². The van der Waals surface area contributed by atoms with Gasteiger partial charge in [0.1, 0.15) is 5.03 Å². The number of methoxy groups -OCH3 is 1. The molecule has 2 aromatic rings. The Morgan fingerprint density at radius 3 is 2.71 bits per heavy atom. The highest BCUT2D eigenvalue weighted by Crippen LogP contribution is 2.14. The number of hydrogen-bond donors (Lipinski definition) is 0. The highest BCUT2D eigenvalue weighted by molar-refractivity contribution is 9.10. The number of esters is 1. The third-order valence-corrected chi connectivity index (χ3v) is 4.66. The Hall–Kier alpha value is -1.53. The van der Waals surface area contributed by atoms with Crippen LogP contribution in [0.2, 0.25) is 0 Å². The Morgan fingerprint density at radius 2 is 2.05 bits per heavy atom. The summed E-state index contributed by atoms with van der Waals surface area (Å²) in [6.07, 6.45) is 2.14. The van der Waals surface area contributed by atoms with Gasteiger partial charge in [-0.25, -0.2) is 9.78 Å². The van der Waals surface area contributed by atoms with E-state index in [-0.39, 0.29) is 5.97 Å². The fourth-order valence-electron chi connectivity index (χ4n) is 1.85. The lowest BCUT2D eigenvalue weighted by Crippen LogP contribution is -2.09. The maximum atomic E-state index is 12.2. The lowest BCUT2D eigenvalue weighted by molar-refractivity contribution is 0.0599. The first-order valence-electron chi connectivity index (χ1n) is 6.28. The summed E-state index contributed by atoms with van der Waals surface area (Å²) in [4.78, 5) is 15.8. The zero-order valence-electron chi connectivity index (χ0n) is 11.4. The van der Waals surface area contributed by atoms with Crippen LogP contribution in [-0.4, -0.2) is 28.0 Å². The van der Waals surface area contributed by atoms with Crippen LogP contribution >= 0.6 is 15.9 Å². The number of carbonyl (C=O) groups excluding carboxylic acids is 1. The van der Waals surface area contributed by atoms with Crippen LogP contribution in [0.15, 0.2) is 52.1 Å². The van der Waals surface area contributed by atoms with Crippen molar-refractivity contribution in [2.45, 2.75) is 11.4 Å². The summed E-state index contributed by atoms with van der Waals surface area (Å²) in [5.74, 6) is 0.0287. The standard InChI is InChI=1S/C15H14BrNO3S/c1-20-15(18)13-5-3-2-4-11(13)8-9-21(19)14-7-6-12(16)10-17-14/h2-7,10H,8-9H2,1H3. The maximum Gasteiger partial charge on any atom is 0.338 e. The Kier molecular flexibility index (Phi) is 5.64. The molecule has 0 amide bonds. The number of benzene rings is 1. The van der Waals surface area contributed by atoms with Crippen LogP contribution in [0, 0.1) is 0 Å². The van der Waals surface area contributed by atoms with Crippen molar-refractivity contribution >= 4 is 32.7 Å². The number of pyridine rings is 1. The number of hydrogen-bond acceptors (Lipinski definition) is 4. The first-order valence-corrected chi connectivity index (χ1v) is 8.39. The predicted octanol–water partition coefficient (Wildman–Crippen LogP) is 2.98. The van der Waals surface area contributed by atoms with Crippen molar-refractivity contribution in [1.82, 2.24) is 4.98 Å². The van der Waals surface area contributed by atoms with Crippen molar-refractivity contribution in [2.75, 3.05) is 12.9 Å². The molecule has 0 fully saturated rings. The summed E-state index contributed by atoms with van der Waals surface area (Å²) in [5, 5.41) is 0.536. The second-order valence-corrected chi connectivity index (χ2v) is 6.70. The topological polar surface area (TPSA) is 56.3 Å². The van der Waals surface area contributed by atoms with Gasteiger partial charge in [0.05, 0.1) is 23.5 Å². The first-order chi connectivity index (χ1) is 10.1. The molecule has 21 heavy (non-hydrogen) atoms. The molecule has 0 N–H and O–H groups in total. The fraction of sp³-hybridized carbons (Fsp3) is 0.200. The van der Waals surface area contributed by atoms with E-state index >= 15 is 0 Å². The van der Waals surface area contributed by atoms with Gasteiger partial charge in [-0.1, -0.05) is 18.2 Å². The summed E-state index contributed by atoms with van der Waals surface area (Å²) >= 11 is 3.29. The molecule has 0 aliphatic carbocycles. The van der Waals surface area contributed by atoms with Gasteiger partial charge < -0.3 is 4.74 Å². The molecule has 6 heteroatoms. The molecule has 1 heterocycles.